The molecule has 0 radical (unpaired) electrons. The van der Waals surface area contributed by atoms with Crippen molar-refractivity contribution in [2.45, 2.75) is 32.1 Å². The van der Waals surface area contributed by atoms with E-state index >= 15 is 0 Å². The second-order valence-corrected chi connectivity index (χ2v) is 7.78. The summed E-state index contributed by atoms with van der Waals surface area (Å²) in [5.74, 6) is 0.0669. The second kappa shape index (κ2) is 10.5. The number of carbonyl (C=O) groups excluding carboxylic acids is 2. The van der Waals surface area contributed by atoms with Crippen LogP contribution in [0.25, 0.3) is 0 Å². The Bertz CT molecular complexity index is 1150. The van der Waals surface area contributed by atoms with E-state index in [4.69, 9.17) is 0 Å². The molecule has 0 saturated carbocycles. The number of benzene rings is 2. The van der Waals surface area contributed by atoms with Gasteiger partial charge in [0.1, 0.15) is 0 Å². The molecule has 166 valence electrons. The lowest BCUT2D eigenvalue weighted by atomic mass is 10.2. The van der Waals surface area contributed by atoms with Crippen molar-refractivity contribution < 1.29 is 14.5 Å². The molecule has 11 heteroatoms. The van der Waals surface area contributed by atoms with E-state index in [2.05, 4.69) is 20.8 Å². The standard InChI is InChI=1S/C21H22N6O4S/c1-3-26-18(12-22-20(29)15-7-5-9-17(11-15)27(30)31)24-25-21(26)32-13-19(28)23-16-8-4-6-14(2)10-16/h4-11H,3,12-13H2,1-2H3,(H,22,29)(H,23,28). The van der Waals surface area contributed by atoms with Crippen LogP contribution in [0, 0.1) is 17.0 Å². The number of rotatable bonds is 9. The molecule has 32 heavy (non-hydrogen) atoms. The number of hydrogen-bond acceptors (Lipinski definition) is 7. The fraction of sp³-hybridized carbons (Fsp3) is 0.238. The normalized spacial score (nSPS) is 10.6. The predicted molar refractivity (Wildman–Crippen MR) is 120 cm³/mol. The van der Waals surface area contributed by atoms with Gasteiger partial charge in [0.25, 0.3) is 11.6 Å². The highest BCUT2D eigenvalue weighted by Gasteiger charge is 2.16. The van der Waals surface area contributed by atoms with Crippen molar-refractivity contribution in [3.8, 4) is 0 Å². The maximum absolute atomic E-state index is 12.4. The van der Waals surface area contributed by atoms with E-state index in [9.17, 15) is 19.7 Å². The van der Waals surface area contributed by atoms with Crippen LogP contribution in [0.2, 0.25) is 0 Å². The molecular formula is C21H22N6O4S. The van der Waals surface area contributed by atoms with Gasteiger partial charge in [-0.15, -0.1) is 10.2 Å². The lowest BCUT2D eigenvalue weighted by Gasteiger charge is -2.09. The van der Waals surface area contributed by atoms with Crippen LogP contribution in [-0.4, -0.2) is 37.3 Å². The fourth-order valence-electron chi connectivity index (χ4n) is 2.95. The van der Waals surface area contributed by atoms with Crippen molar-refractivity contribution in [1.29, 1.82) is 0 Å². The quantitative estimate of drug-likeness (QED) is 0.288. The molecule has 0 atom stereocenters. The molecule has 1 aromatic heterocycles. The molecule has 0 saturated heterocycles. The smallest absolute Gasteiger partial charge is 0.270 e. The molecule has 0 spiro atoms. The average molecular weight is 455 g/mol. The van der Waals surface area contributed by atoms with Gasteiger partial charge in [-0.05, 0) is 37.6 Å². The van der Waals surface area contributed by atoms with Crippen LogP contribution in [0.3, 0.4) is 0 Å². The molecule has 0 aliphatic carbocycles. The van der Waals surface area contributed by atoms with E-state index in [0.29, 0.717) is 17.5 Å². The zero-order chi connectivity index (χ0) is 23.1. The number of nitro benzene ring substituents is 1. The number of nitrogens with one attached hydrogen (secondary N) is 2. The Balaban J connectivity index is 1.58. The minimum atomic E-state index is -0.552. The molecule has 0 bridgehead atoms. The predicted octanol–water partition coefficient (Wildman–Crippen LogP) is 3.18. The third kappa shape index (κ3) is 5.91. The summed E-state index contributed by atoms with van der Waals surface area (Å²) >= 11 is 1.25. The van der Waals surface area contributed by atoms with Crippen LogP contribution >= 0.6 is 11.8 Å². The lowest BCUT2D eigenvalue weighted by Crippen LogP contribution is -2.25. The molecule has 2 amide bonds. The summed E-state index contributed by atoms with van der Waals surface area (Å²) in [5.41, 5.74) is 1.82. The zero-order valence-electron chi connectivity index (χ0n) is 17.6. The Hall–Kier alpha value is -3.73. The monoisotopic (exact) mass is 454 g/mol. The summed E-state index contributed by atoms with van der Waals surface area (Å²) in [5, 5.41) is 25.2. The van der Waals surface area contributed by atoms with Crippen LogP contribution < -0.4 is 10.6 Å². The minimum Gasteiger partial charge on any atom is -0.345 e. The molecule has 3 aromatic rings. The molecule has 0 unspecified atom stereocenters. The second-order valence-electron chi connectivity index (χ2n) is 6.84. The summed E-state index contributed by atoms with van der Waals surface area (Å²) in [6.45, 7) is 4.51. The number of nitro groups is 1. The highest BCUT2D eigenvalue weighted by Crippen LogP contribution is 2.18. The number of carbonyl (C=O) groups is 2. The highest BCUT2D eigenvalue weighted by molar-refractivity contribution is 7.99. The van der Waals surface area contributed by atoms with Crippen molar-refractivity contribution in [2.75, 3.05) is 11.1 Å². The number of anilines is 1. The summed E-state index contributed by atoms with van der Waals surface area (Å²) in [6, 6.07) is 13.0. The van der Waals surface area contributed by atoms with Crippen LogP contribution in [0.15, 0.2) is 53.7 Å². The number of aryl methyl sites for hydroxylation is 1. The first-order chi connectivity index (χ1) is 15.4. The number of non-ortho nitro benzene ring substituents is 1. The molecule has 0 aliphatic rings. The SMILES string of the molecule is CCn1c(CNC(=O)c2cccc([N+](=O)[O-])c2)nnc1SCC(=O)Nc1cccc(C)c1. The van der Waals surface area contributed by atoms with Crippen molar-refractivity contribution in [3.63, 3.8) is 0 Å². The third-order valence-corrected chi connectivity index (χ3v) is 5.44. The van der Waals surface area contributed by atoms with Gasteiger partial charge in [-0.3, -0.25) is 19.7 Å². The van der Waals surface area contributed by atoms with Crippen LogP contribution in [0.4, 0.5) is 11.4 Å². The van der Waals surface area contributed by atoms with Gasteiger partial charge in [-0.25, -0.2) is 0 Å². The topological polar surface area (TPSA) is 132 Å². The maximum atomic E-state index is 12.4. The molecule has 1 heterocycles. The Morgan fingerprint density at radius 2 is 1.94 bits per heavy atom. The van der Waals surface area contributed by atoms with Crippen molar-refractivity contribution in [1.82, 2.24) is 20.1 Å². The van der Waals surface area contributed by atoms with Crippen molar-refractivity contribution in [3.05, 3.63) is 75.6 Å². The first kappa shape index (κ1) is 22.9. The van der Waals surface area contributed by atoms with Crippen LogP contribution in [-0.2, 0) is 17.9 Å². The van der Waals surface area contributed by atoms with E-state index in [1.807, 2.05) is 38.1 Å². The summed E-state index contributed by atoms with van der Waals surface area (Å²) in [7, 11) is 0. The Morgan fingerprint density at radius 1 is 1.16 bits per heavy atom. The van der Waals surface area contributed by atoms with Gasteiger partial charge < -0.3 is 15.2 Å². The van der Waals surface area contributed by atoms with E-state index < -0.39 is 10.8 Å². The fourth-order valence-corrected chi connectivity index (χ4v) is 3.77. The van der Waals surface area contributed by atoms with Gasteiger partial charge in [0.05, 0.1) is 17.2 Å². The summed E-state index contributed by atoms with van der Waals surface area (Å²) in [4.78, 5) is 35.0. The van der Waals surface area contributed by atoms with Gasteiger partial charge in [0.2, 0.25) is 5.91 Å². The van der Waals surface area contributed by atoms with Gasteiger partial charge in [-0.1, -0.05) is 30.0 Å². The van der Waals surface area contributed by atoms with E-state index in [-0.39, 0.29) is 29.5 Å². The van der Waals surface area contributed by atoms with E-state index in [1.54, 1.807) is 4.57 Å². The third-order valence-electron chi connectivity index (χ3n) is 4.47. The van der Waals surface area contributed by atoms with Crippen LogP contribution in [0.5, 0.6) is 0 Å². The molecule has 2 N–H and O–H groups in total. The first-order valence-electron chi connectivity index (χ1n) is 9.81. The number of amides is 2. The first-order valence-corrected chi connectivity index (χ1v) is 10.8. The molecule has 0 fully saturated rings. The molecule has 3 rings (SSSR count). The molecule has 2 aromatic carbocycles. The van der Waals surface area contributed by atoms with Gasteiger partial charge in [-0.2, -0.15) is 0 Å². The number of hydrogen-bond donors (Lipinski definition) is 2. The van der Waals surface area contributed by atoms with E-state index in [0.717, 1.165) is 11.3 Å². The van der Waals surface area contributed by atoms with E-state index in [1.165, 1.54) is 36.0 Å². The number of nitrogens with zero attached hydrogens (tertiary/aromatic N) is 4. The average Bonchev–Trinajstić information content (AvgIpc) is 3.18. The Labute approximate surface area is 188 Å². The number of aromatic nitrogens is 3. The highest BCUT2D eigenvalue weighted by atomic mass is 32.2. The maximum Gasteiger partial charge on any atom is 0.270 e. The van der Waals surface area contributed by atoms with Gasteiger partial charge >= 0.3 is 0 Å². The minimum absolute atomic E-state index is 0.0956. The summed E-state index contributed by atoms with van der Waals surface area (Å²) in [6.07, 6.45) is 0. The Morgan fingerprint density at radius 3 is 2.66 bits per heavy atom. The zero-order valence-corrected chi connectivity index (χ0v) is 18.4. The largest absolute Gasteiger partial charge is 0.345 e. The molecule has 10 nitrogen and oxygen atoms in total. The van der Waals surface area contributed by atoms with Crippen LogP contribution in [0.1, 0.15) is 28.7 Å². The Kier molecular flexibility index (Phi) is 7.55. The summed E-state index contributed by atoms with van der Waals surface area (Å²) < 4.78 is 1.80. The van der Waals surface area contributed by atoms with Gasteiger partial charge in [0.15, 0.2) is 11.0 Å². The number of thioether (sulfide) groups is 1. The van der Waals surface area contributed by atoms with Crippen molar-refractivity contribution in [2.24, 2.45) is 0 Å². The van der Waals surface area contributed by atoms with Crippen molar-refractivity contribution >= 4 is 35.0 Å². The molecule has 0 aliphatic heterocycles. The van der Waals surface area contributed by atoms with Gasteiger partial charge in [0, 0.05) is 29.9 Å². The molecular weight excluding hydrogens is 432 g/mol. The lowest BCUT2D eigenvalue weighted by molar-refractivity contribution is -0.384.